The van der Waals surface area contributed by atoms with Gasteiger partial charge >= 0.3 is 0 Å². The average Bonchev–Trinajstić information content (AvgIpc) is 2.52. The van der Waals surface area contributed by atoms with Crippen LogP contribution in [0.15, 0.2) is 11.5 Å². The van der Waals surface area contributed by atoms with Crippen LogP contribution >= 0.6 is 11.3 Å². The molecule has 1 heterocycles. The zero-order chi connectivity index (χ0) is 9.68. The summed E-state index contributed by atoms with van der Waals surface area (Å²) >= 11 is 1.34. The van der Waals surface area contributed by atoms with E-state index in [1.54, 1.807) is 17.5 Å². The number of aromatic nitrogens is 1. The molecular formula is C8H8N2O2S. The van der Waals surface area contributed by atoms with Gasteiger partial charge in [-0.05, 0) is 6.08 Å². The van der Waals surface area contributed by atoms with Crippen LogP contribution in [0.25, 0.3) is 6.08 Å². The Kier molecular flexibility index (Phi) is 3.33. The highest BCUT2D eigenvalue weighted by Gasteiger charge is 1.96. The van der Waals surface area contributed by atoms with Gasteiger partial charge in [-0.25, -0.2) is 4.98 Å². The minimum atomic E-state index is -0.386. The van der Waals surface area contributed by atoms with Crippen molar-refractivity contribution in [3.63, 3.8) is 0 Å². The number of carbonyl (C=O) groups is 2. The van der Waals surface area contributed by atoms with Gasteiger partial charge in [0.25, 0.3) is 0 Å². The number of hydrogen-bond donors (Lipinski definition) is 1. The molecule has 0 saturated carbocycles. The molecule has 1 aromatic heterocycles. The second kappa shape index (κ2) is 4.51. The molecule has 0 fully saturated rings. The van der Waals surface area contributed by atoms with Gasteiger partial charge in [-0.1, -0.05) is 6.08 Å². The summed E-state index contributed by atoms with van der Waals surface area (Å²) in [6, 6.07) is 0. The van der Waals surface area contributed by atoms with Crippen molar-refractivity contribution in [2.24, 2.45) is 5.73 Å². The molecule has 0 bridgehead atoms. The van der Waals surface area contributed by atoms with Crippen LogP contribution in [0, 0.1) is 0 Å². The summed E-state index contributed by atoms with van der Waals surface area (Å²) in [7, 11) is 0. The van der Waals surface area contributed by atoms with Gasteiger partial charge in [0, 0.05) is 11.8 Å². The SMILES string of the molecule is NC(=O)CC=Cc1nc(C=O)cs1. The number of primary amides is 1. The Morgan fingerprint density at radius 1 is 1.69 bits per heavy atom. The Bertz CT molecular complexity index is 344. The third kappa shape index (κ3) is 3.16. The predicted octanol–water partition coefficient (Wildman–Crippen LogP) is 0.844. The molecule has 0 unspecified atom stereocenters. The van der Waals surface area contributed by atoms with Crippen molar-refractivity contribution < 1.29 is 9.59 Å². The van der Waals surface area contributed by atoms with Crippen LogP contribution in [-0.2, 0) is 4.79 Å². The van der Waals surface area contributed by atoms with Crippen LogP contribution in [0.5, 0.6) is 0 Å². The number of thiazole rings is 1. The molecule has 0 aromatic carbocycles. The lowest BCUT2D eigenvalue weighted by molar-refractivity contribution is -0.117. The molecule has 1 amide bonds. The topological polar surface area (TPSA) is 73.1 Å². The quantitative estimate of drug-likeness (QED) is 0.725. The van der Waals surface area contributed by atoms with Gasteiger partial charge in [0.2, 0.25) is 5.91 Å². The van der Waals surface area contributed by atoms with Crippen molar-refractivity contribution in [1.29, 1.82) is 0 Å². The molecule has 1 aromatic rings. The number of hydrogen-bond acceptors (Lipinski definition) is 4. The summed E-state index contributed by atoms with van der Waals surface area (Å²) < 4.78 is 0. The van der Waals surface area contributed by atoms with E-state index < -0.39 is 0 Å². The van der Waals surface area contributed by atoms with Crippen LogP contribution in [0.4, 0.5) is 0 Å². The second-order valence-electron chi connectivity index (χ2n) is 2.30. The van der Waals surface area contributed by atoms with Crippen molar-refractivity contribution >= 4 is 29.6 Å². The maximum atomic E-state index is 10.3. The zero-order valence-corrected chi connectivity index (χ0v) is 7.58. The molecule has 0 aliphatic carbocycles. The Morgan fingerprint density at radius 3 is 3.00 bits per heavy atom. The number of carbonyl (C=O) groups excluding carboxylic acids is 2. The Balaban J connectivity index is 2.58. The number of amides is 1. The van der Waals surface area contributed by atoms with Crippen molar-refractivity contribution in [1.82, 2.24) is 4.98 Å². The number of aldehydes is 1. The Morgan fingerprint density at radius 2 is 2.46 bits per heavy atom. The molecule has 1 rings (SSSR count). The normalized spacial score (nSPS) is 10.5. The van der Waals surface area contributed by atoms with Crippen LogP contribution in [0.3, 0.4) is 0 Å². The molecule has 0 spiro atoms. The van der Waals surface area contributed by atoms with Crippen molar-refractivity contribution in [3.05, 3.63) is 22.2 Å². The minimum absolute atomic E-state index is 0.190. The summed E-state index contributed by atoms with van der Waals surface area (Å²) in [4.78, 5) is 24.5. The van der Waals surface area contributed by atoms with Crippen molar-refractivity contribution in [3.8, 4) is 0 Å². The molecule has 0 aliphatic rings. The monoisotopic (exact) mass is 196 g/mol. The van der Waals surface area contributed by atoms with Crippen molar-refractivity contribution in [2.75, 3.05) is 0 Å². The Labute approximate surface area is 79.1 Å². The molecule has 0 aliphatic heterocycles. The molecule has 13 heavy (non-hydrogen) atoms. The summed E-state index contributed by atoms with van der Waals surface area (Å²) in [5, 5.41) is 2.35. The fourth-order valence-electron chi connectivity index (χ4n) is 0.707. The third-order valence-electron chi connectivity index (χ3n) is 1.24. The highest BCUT2D eigenvalue weighted by molar-refractivity contribution is 7.10. The van der Waals surface area contributed by atoms with Gasteiger partial charge < -0.3 is 5.73 Å². The molecule has 5 heteroatoms. The van der Waals surface area contributed by atoms with Gasteiger partial charge in [0.05, 0.1) is 0 Å². The van der Waals surface area contributed by atoms with Gasteiger partial charge in [-0.3, -0.25) is 9.59 Å². The first kappa shape index (κ1) is 9.60. The maximum Gasteiger partial charge on any atom is 0.221 e. The zero-order valence-electron chi connectivity index (χ0n) is 6.77. The third-order valence-corrected chi connectivity index (χ3v) is 2.07. The van der Waals surface area contributed by atoms with E-state index in [4.69, 9.17) is 5.73 Å². The summed E-state index contributed by atoms with van der Waals surface area (Å²) in [6.07, 6.45) is 4.16. The maximum absolute atomic E-state index is 10.3. The van der Waals surface area contributed by atoms with Crippen molar-refractivity contribution in [2.45, 2.75) is 6.42 Å². The number of rotatable bonds is 4. The largest absolute Gasteiger partial charge is 0.369 e. The fourth-order valence-corrected chi connectivity index (χ4v) is 1.39. The van der Waals surface area contributed by atoms with Gasteiger partial charge in [-0.15, -0.1) is 11.3 Å². The highest BCUT2D eigenvalue weighted by Crippen LogP contribution is 2.09. The predicted molar refractivity (Wildman–Crippen MR) is 50.3 cm³/mol. The Hall–Kier alpha value is -1.49. The van der Waals surface area contributed by atoms with E-state index in [9.17, 15) is 9.59 Å². The molecule has 68 valence electrons. The molecule has 0 atom stereocenters. The lowest BCUT2D eigenvalue weighted by Crippen LogP contribution is -2.07. The van der Waals surface area contributed by atoms with Crippen LogP contribution in [-0.4, -0.2) is 17.2 Å². The van der Waals surface area contributed by atoms with E-state index in [0.29, 0.717) is 17.0 Å². The van der Waals surface area contributed by atoms with E-state index in [0.717, 1.165) is 0 Å². The van der Waals surface area contributed by atoms with E-state index in [2.05, 4.69) is 4.98 Å². The smallest absolute Gasteiger partial charge is 0.221 e. The van der Waals surface area contributed by atoms with Gasteiger partial charge in [0.1, 0.15) is 10.7 Å². The molecule has 0 radical (unpaired) electrons. The first-order valence-electron chi connectivity index (χ1n) is 3.58. The molecule has 4 nitrogen and oxygen atoms in total. The summed E-state index contributed by atoms with van der Waals surface area (Å²) in [6.45, 7) is 0. The molecule has 0 saturated heterocycles. The van der Waals surface area contributed by atoms with Crippen LogP contribution in [0.1, 0.15) is 21.9 Å². The number of nitrogens with zero attached hydrogens (tertiary/aromatic N) is 1. The highest BCUT2D eigenvalue weighted by atomic mass is 32.1. The van der Waals surface area contributed by atoms with E-state index in [1.165, 1.54) is 11.3 Å². The average molecular weight is 196 g/mol. The van der Waals surface area contributed by atoms with E-state index in [1.807, 2.05) is 0 Å². The summed E-state index contributed by atoms with van der Waals surface area (Å²) in [5.41, 5.74) is 5.33. The molecule has 2 N–H and O–H groups in total. The van der Waals surface area contributed by atoms with Gasteiger partial charge in [-0.2, -0.15) is 0 Å². The second-order valence-corrected chi connectivity index (χ2v) is 3.19. The van der Waals surface area contributed by atoms with Crippen LogP contribution in [0.2, 0.25) is 0 Å². The first-order valence-corrected chi connectivity index (χ1v) is 4.46. The van der Waals surface area contributed by atoms with Gasteiger partial charge in [0.15, 0.2) is 6.29 Å². The first-order chi connectivity index (χ1) is 6.22. The van der Waals surface area contributed by atoms with Crippen LogP contribution < -0.4 is 5.73 Å². The minimum Gasteiger partial charge on any atom is -0.369 e. The lowest BCUT2D eigenvalue weighted by atomic mass is 10.4. The number of nitrogens with two attached hydrogens (primary N) is 1. The van der Waals surface area contributed by atoms with E-state index >= 15 is 0 Å². The lowest BCUT2D eigenvalue weighted by Gasteiger charge is -1.83. The summed E-state index contributed by atoms with van der Waals surface area (Å²) in [5.74, 6) is -0.386. The van der Waals surface area contributed by atoms with E-state index in [-0.39, 0.29) is 12.3 Å². The molecular weight excluding hydrogens is 188 g/mol. The standard InChI is InChI=1S/C8H8N2O2S/c9-7(12)2-1-3-8-10-6(4-11)5-13-8/h1,3-5H,2H2,(H2,9,12). The fraction of sp³-hybridized carbons (Fsp3) is 0.125.